The molecule has 1 unspecified atom stereocenters. The van der Waals surface area contributed by atoms with Crippen LogP contribution in [0.25, 0.3) is 0 Å². The third-order valence-electron chi connectivity index (χ3n) is 5.97. The Bertz CT molecular complexity index is 924. The number of rotatable bonds is 8. The molecule has 3 rings (SSSR count). The van der Waals surface area contributed by atoms with Crippen LogP contribution in [0, 0.1) is 6.92 Å². The predicted molar refractivity (Wildman–Crippen MR) is 135 cm³/mol. The average molecular weight is 491 g/mol. The van der Waals surface area contributed by atoms with E-state index in [9.17, 15) is 9.59 Å². The molecule has 178 valence electrons. The van der Waals surface area contributed by atoms with Gasteiger partial charge in [-0.2, -0.15) is 0 Å². The Morgan fingerprint density at radius 3 is 2.30 bits per heavy atom. The Hall–Kier alpha value is -2.28. The first-order valence-electron chi connectivity index (χ1n) is 11.4. The van der Waals surface area contributed by atoms with Crippen molar-refractivity contribution in [2.45, 2.75) is 45.1 Å². The number of hydrogen-bond acceptors (Lipinski definition) is 3. The number of nitrogens with one attached hydrogen (secondary N) is 3. The van der Waals surface area contributed by atoms with Gasteiger partial charge in [0.1, 0.15) is 0 Å². The van der Waals surface area contributed by atoms with Crippen LogP contribution in [0.15, 0.2) is 42.5 Å². The van der Waals surface area contributed by atoms with Crippen molar-refractivity contribution in [1.29, 1.82) is 0 Å². The highest BCUT2D eigenvalue weighted by Gasteiger charge is 2.21. The number of piperidine rings is 1. The van der Waals surface area contributed by atoms with E-state index < -0.39 is 0 Å². The number of carbonyl (C=O) groups is 2. The van der Waals surface area contributed by atoms with Gasteiger partial charge in [-0.05, 0) is 56.5 Å². The standard InChI is InChI=1S/C25H32Cl2N4O2/c1-17-3-5-19(6-4-17)20(7-10-31-11-8-23(9-12-31)29-18(2)32)16-28-25(33)30-24-14-21(26)13-22(27)15-24/h3-6,13-15,20,23H,7-12,16H2,1-2H3,(H,29,32)(H2,28,30,33). The summed E-state index contributed by atoms with van der Waals surface area (Å²) in [4.78, 5) is 26.2. The number of aryl methyl sites for hydroxylation is 1. The van der Waals surface area contributed by atoms with Crippen LogP contribution in [0.3, 0.4) is 0 Å². The quantitative estimate of drug-likeness (QED) is 0.476. The molecular weight excluding hydrogens is 459 g/mol. The van der Waals surface area contributed by atoms with Crippen LogP contribution in [0.4, 0.5) is 10.5 Å². The molecule has 2 aromatic rings. The number of anilines is 1. The number of urea groups is 1. The van der Waals surface area contributed by atoms with Gasteiger partial charge in [0.2, 0.25) is 5.91 Å². The number of carbonyl (C=O) groups excluding carboxylic acids is 2. The second-order valence-electron chi connectivity index (χ2n) is 8.71. The second kappa shape index (κ2) is 12.3. The molecule has 8 heteroatoms. The molecule has 3 amide bonds. The van der Waals surface area contributed by atoms with Gasteiger partial charge in [0.05, 0.1) is 0 Å². The highest BCUT2D eigenvalue weighted by atomic mass is 35.5. The maximum Gasteiger partial charge on any atom is 0.319 e. The highest BCUT2D eigenvalue weighted by molar-refractivity contribution is 6.35. The first kappa shape index (κ1) is 25.3. The molecular formula is C25H32Cl2N4O2. The SMILES string of the molecule is CC(=O)NC1CCN(CCC(CNC(=O)Nc2cc(Cl)cc(Cl)c2)c2ccc(C)cc2)CC1. The first-order chi connectivity index (χ1) is 15.8. The normalized spacial score (nSPS) is 15.6. The fraction of sp³-hybridized carbons (Fsp3) is 0.440. The number of likely N-dealkylation sites (tertiary alicyclic amines) is 1. The van der Waals surface area contributed by atoms with Gasteiger partial charge in [0.15, 0.2) is 0 Å². The number of amides is 3. The molecule has 1 fully saturated rings. The van der Waals surface area contributed by atoms with E-state index in [2.05, 4.69) is 52.0 Å². The molecule has 0 aliphatic carbocycles. The lowest BCUT2D eigenvalue weighted by Crippen LogP contribution is -2.44. The van der Waals surface area contributed by atoms with Crippen LogP contribution in [-0.2, 0) is 4.79 Å². The molecule has 0 aromatic heterocycles. The summed E-state index contributed by atoms with van der Waals surface area (Å²) in [5.41, 5.74) is 2.97. The summed E-state index contributed by atoms with van der Waals surface area (Å²) >= 11 is 12.0. The fourth-order valence-corrected chi connectivity index (χ4v) is 4.70. The lowest BCUT2D eigenvalue weighted by atomic mass is 9.94. The minimum atomic E-state index is -0.290. The monoisotopic (exact) mass is 490 g/mol. The topological polar surface area (TPSA) is 73.5 Å². The second-order valence-corrected chi connectivity index (χ2v) is 9.58. The van der Waals surface area contributed by atoms with Crippen LogP contribution in [0.1, 0.15) is 43.2 Å². The molecule has 33 heavy (non-hydrogen) atoms. The molecule has 0 radical (unpaired) electrons. The number of benzene rings is 2. The number of halogens is 2. The number of hydrogen-bond donors (Lipinski definition) is 3. The molecule has 0 bridgehead atoms. The van der Waals surface area contributed by atoms with Gasteiger partial charge in [0.25, 0.3) is 0 Å². The van der Waals surface area contributed by atoms with Gasteiger partial charge in [0, 0.05) is 54.3 Å². The minimum Gasteiger partial charge on any atom is -0.354 e. The maximum absolute atomic E-state index is 12.5. The molecule has 3 N–H and O–H groups in total. The molecule has 6 nitrogen and oxygen atoms in total. The van der Waals surface area contributed by atoms with Crippen molar-refractivity contribution in [3.63, 3.8) is 0 Å². The molecule has 0 spiro atoms. The molecule has 1 aliphatic heterocycles. The van der Waals surface area contributed by atoms with E-state index in [4.69, 9.17) is 23.2 Å². The van der Waals surface area contributed by atoms with E-state index >= 15 is 0 Å². The number of nitrogens with zero attached hydrogens (tertiary/aromatic N) is 1. The van der Waals surface area contributed by atoms with Crippen molar-refractivity contribution >= 4 is 40.8 Å². The summed E-state index contributed by atoms with van der Waals surface area (Å²) in [6, 6.07) is 13.4. The summed E-state index contributed by atoms with van der Waals surface area (Å²) in [5, 5.41) is 9.76. The Morgan fingerprint density at radius 2 is 1.70 bits per heavy atom. The van der Waals surface area contributed by atoms with E-state index in [0.29, 0.717) is 22.3 Å². The van der Waals surface area contributed by atoms with Crippen molar-refractivity contribution in [3.8, 4) is 0 Å². The molecule has 1 atom stereocenters. The van der Waals surface area contributed by atoms with E-state index in [-0.39, 0.29) is 23.9 Å². The summed E-state index contributed by atoms with van der Waals surface area (Å²) in [6.45, 7) is 7.04. The van der Waals surface area contributed by atoms with Gasteiger partial charge in [-0.25, -0.2) is 4.79 Å². The van der Waals surface area contributed by atoms with E-state index in [1.165, 1.54) is 11.1 Å². The van der Waals surface area contributed by atoms with Crippen molar-refractivity contribution in [1.82, 2.24) is 15.5 Å². The molecule has 1 saturated heterocycles. The predicted octanol–water partition coefficient (Wildman–Crippen LogP) is 5.20. The summed E-state index contributed by atoms with van der Waals surface area (Å²) < 4.78 is 0. The zero-order valence-corrected chi connectivity index (χ0v) is 20.7. The van der Waals surface area contributed by atoms with Gasteiger partial charge in [-0.15, -0.1) is 0 Å². The van der Waals surface area contributed by atoms with E-state index in [0.717, 1.165) is 38.9 Å². The van der Waals surface area contributed by atoms with Crippen LogP contribution >= 0.6 is 23.2 Å². The molecule has 2 aromatic carbocycles. The highest BCUT2D eigenvalue weighted by Crippen LogP contribution is 2.23. The minimum absolute atomic E-state index is 0.0391. The Kier molecular flexibility index (Phi) is 9.41. The van der Waals surface area contributed by atoms with E-state index in [1.54, 1.807) is 25.1 Å². The first-order valence-corrected chi connectivity index (χ1v) is 12.1. The van der Waals surface area contributed by atoms with Gasteiger partial charge < -0.3 is 20.9 Å². The van der Waals surface area contributed by atoms with Crippen LogP contribution in [0.5, 0.6) is 0 Å². The Balaban J connectivity index is 1.55. The Labute approximate surface area is 206 Å². The molecule has 1 heterocycles. The third kappa shape index (κ3) is 8.54. The van der Waals surface area contributed by atoms with Crippen LogP contribution in [0.2, 0.25) is 10.0 Å². The van der Waals surface area contributed by atoms with Crippen LogP contribution in [-0.4, -0.2) is 49.1 Å². The van der Waals surface area contributed by atoms with Crippen molar-refractivity contribution < 1.29 is 9.59 Å². The molecule has 0 saturated carbocycles. The molecule has 1 aliphatic rings. The van der Waals surface area contributed by atoms with Crippen LogP contribution < -0.4 is 16.0 Å². The van der Waals surface area contributed by atoms with Gasteiger partial charge in [-0.3, -0.25) is 4.79 Å². The van der Waals surface area contributed by atoms with Gasteiger partial charge >= 0.3 is 6.03 Å². The Morgan fingerprint density at radius 1 is 1.06 bits per heavy atom. The largest absolute Gasteiger partial charge is 0.354 e. The average Bonchev–Trinajstić information content (AvgIpc) is 2.74. The lowest BCUT2D eigenvalue weighted by molar-refractivity contribution is -0.119. The van der Waals surface area contributed by atoms with Crippen molar-refractivity contribution in [2.24, 2.45) is 0 Å². The van der Waals surface area contributed by atoms with E-state index in [1.807, 2.05) is 0 Å². The summed E-state index contributed by atoms with van der Waals surface area (Å²) in [7, 11) is 0. The smallest absolute Gasteiger partial charge is 0.319 e. The van der Waals surface area contributed by atoms with Gasteiger partial charge in [-0.1, -0.05) is 53.0 Å². The summed E-state index contributed by atoms with van der Waals surface area (Å²) in [6.07, 6.45) is 2.87. The van der Waals surface area contributed by atoms with Crippen molar-refractivity contribution in [2.75, 3.05) is 31.5 Å². The maximum atomic E-state index is 12.5. The third-order valence-corrected chi connectivity index (χ3v) is 6.40. The fourth-order valence-electron chi connectivity index (χ4n) is 4.17. The lowest BCUT2D eigenvalue weighted by Gasteiger charge is -2.33. The zero-order chi connectivity index (χ0) is 23.8. The van der Waals surface area contributed by atoms with Crippen molar-refractivity contribution in [3.05, 3.63) is 63.6 Å². The zero-order valence-electron chi connectivity index (χ0n) is 19.2. The summed E-state index contributed by atoms with van der Waals surface area (Å²) in [5.74, 6) is 0.227.